The first-order chi connectivity index (χ1) is 25.8. The molecule has 3 aliphatic rings. The summed E-state index contributed by atoms with van der Waals surface area (Å²) in [6.07, 6.45) is 12.7. The van der Waals surface area contributed by atoms with Crippen molar-refractivity contribution in [3.63, 3.8) is 0 Å². The van der Waals surface area contributed by atoms with E-state index in [4.69, 9.17) is 11.3 Å². The molecular formula is C49H61N3OSi+2. The van der Waals surface area contributed by atoms with E-state index in [-0.39, 0.29) is 12.1 Å². The lowest BCUT2D eigenvalue weighted by atomic mass is 9.76. The third-order valence-corrected chi connectivity index (χ3v) is 14.1. The van der Waals surface area contributed by atoms with E-state index in [0.29, 0.717) is 23.5 Å². The molecule has 7 rings (SSSR count). The molecule has 0 bridgehead atoms. The fourth-order valence-corrected chi connectivity index (χ4v) is 10.9. The summed E-state index contributed by atoms with van der Waals surface area (Å²) in [5.41, 5.74) is 13.1. The highest BCUT2D eigenvalue weighted by molar-refractivity contribution is 6.89. The van der Waals surface area contributed by atoms with E-state index >= 15 is 0 Å². The lowest BCUT2D eigenvalue weighted by molar-refractivity contribution is -0.719. The third kappa shape index (κ3) is 7.32. The Balaban J connectivity index is 1.38. The Morgan fingerprint density at radius 1 is 0.926 bits per heavy atom. The van der Waals surface area contributed by atoms with Crippen molar-refractivity contribution in [2.24, 2.45) is 0 Å². The summed E-state index contributed by atoms with van der Waals surface area (Å²) in [6.45, 7) is 28.6. The summed E-state index contributed by atoms with van der Waals surface area (Å²) in [4.78, 5) is 0. The second-order valence-electron chi connectivity index (χ2n) is 17.4. The van der Waals surface area contributed by atoms with Gasteiger partial charge < -0.3 is 10.1 Å². The van der Waals surface area contributed by atoms with Gasteiger partial charge in [0, 0.05) is 34.9 Å². The van der Waals surface area contributed by atoms with Crippen LogP contribution in [0.25, 0.3) is 22.5 Å². The minimum absolute atomic E-state index is 0.107. The van der Waals surface area contributed by atoms with E-state index in [1.54, 1.807) is 5.19 Å². The number of hydrogen-bond acceptors (Lipinski definition) is 2. The highest BCUT2D eigenvalue weighted by Crippen LogP contribution is 2.46. The number of nitrogens with one attached hydrogen (secondary N) is 1. The minimum atomic E-state index is -1.66. The largest absolute Gasteiger partial charge is 0.441 e. The van der Waals surface area contributed by atoms with E-state index in [0.717, 1.165) is 61.4 Å². The number of pyridine rings is 2. The molecule has 280 valence electrons. The normalized spacial score (nSPS) is 20.7. The molecule has 4 nitrogen and oxygen atoms in total. The molecule has 0 aliphatic carbocycles. The predicted octanol–water partition coefficient (Wildman–Crippen LogP) is 10.9. The smallest absolute Gasteiger partial charge is 0.222 e. The molecular weight excluding hydrogens is 675 g/mol. The maximum atomic E-state index is 6.75. The molecule has 1 N–H and O–H groups in total. The van der Waals surface area contributed by atoms with Crippen LogP contribution in [0.5, 0.6) is 0 Å². The lowest BCUT2D eigenvalue weighted by Crippen LogP contribution is -2.54. The monoisotopic (exact) mass is 735 g/mol. The number of allylic oxidation sites excluding steroid dienone is 3. The molecule has 3 atom stereocenters. The molecule has 4 aromatic rings. The topological polar surface area (TPSA) is 29.0 Å². The zero-order chi connectivity index (χ0) is 38.3. The fraction of sp³-hybridized carbons (Fsp3) is 0.388. The Morgan fingerprint density at radius 2 is 1.67 bits per heavy atom. The van der Waals surface area contributed by atoms with E-state index in [1.165, 1.54) is 39.1 Å². The summed E-state index contributed by atoms with van der Waals surface area (Å²) in [6, 6.07) is 27.5. The molecule has 0 fully saturated rings. The zero-order valence-corrected chi connectivity index (χ0v) is 35.0. The molecule has 5 heterocycles. The molecule has 0 spiro atoms. The highest BCUT2D eigenvalue weighted by Gasteiger charge is 2.45. The SMILES string of the molecule is C=C1O/C(=C/CCc2ccccc2)NC(CC)C2=C1c1cc(C(C)C)cc[n+]1C(=C)CC1C(CC2)c2ccccc2-c2cc(C(C)C)c([Si](C)(C)C)c[n+]21. The van der Waals surface area contributed by atoms with Crippen LogP contribution >= 0.6 is 0 Å². The summed E-state index contributed by atoms with van der Waals surface area (Å²) in [5.74, 6) is 2.68. The molecule has 2 aromatic carbocycles. The molecule has 3 unspecified atom stereocenters. The van der Waals surface area contributed by atoms with Gasteiger partial charge in [-0.1, -0.05) is 109 Å². The Labute approximate surface area is 326 Å². The van der Waals surface area contributed by atoms with E-state index < -0.39 is 8.07 Å². The van der Waals surface area contributed by atoms with Crippen LogP contribution in [0.3, 0.4) is 0 Å². The average molecular weight is 736 g/mol. The summed E-state index contributed by atoms with van der Waals surface area (Å²) >= 11 is 0. The standard InChI is InChI=1S/C49H61N3OSi/c1-11-43-41-25-24-40-38-21-15-16-22-39(38)45-30-42(33(4)5)47(54(8,9)10)31-52(45)44(40)28-34(6)51-27-26-37(32(2)3)29-46(51)49(41)35(7)53-48(50-43)23-17-20-36-18-13-12-14-19-36/h12-16,18-19,21-23,26-27,29-33,40,43-44,50H,6-7,11,17,20,24-25,28H2,1-5,8-10H3/q+2/b48-23+. The second-order valence-corrected chi connectivity index (χ2v) is 22.4. The van der Waals surface area contributed by atoms with Gasteiger partial charge in [0.1, 0.15) is 5.76 Å². The van der Waals surface area contributed by atoms with Gasteiger partial charge in [0.2, 0.25) is 11.4 Å². The quantitative estimate of drug-likeness (QED) is 0.151. The van der Waals surface area contributed by atoms with Crippen LogP contribution < -0.4 is 19.6 Å². The lowest BCUT2D eigenvalue weighted by Gasteiger charge is -2.34. The van der Waals surface area contributed by atoms with Crippen LogP contribution in [0.1, 0.15) is 118 Å². The number of rotatable bonds is 7. The number of aryl methyl sites for hydroxylation is 1. The van der Waals surface area contributed by atoms with Crippen molar-refractivity contribution in [2.45, 2.75) is 123 Å². The molecule has 0 saturated heterocycles. The van der Waals surface area contributed by atoms with Crippen LogP contribution in [0.15, 0.2) is 122 Å². The summed E-state index contributed by atoms with van der Waals surface area (Å²) in [7, 11) is -1.66. The van der Waals surface area contributed by atoms with Crippen LogP contribution in [-0.2, 0) is 11.2 Å². The number of ether oxygens (including phenoxy) is 1. The molecule has 0 saturated carbocycles. The predicted molar refractivity (Wildman–Crippen MR) is 228 cm³/mol. The van der Waals surface area contributed by atoms with Gasteiger partial charge in [-0.05, 0) is 90.5 Å². The van der Waals surface area contributed by atoms with Crippen molar-refractivity contribution in [2.75, 3.05) is 0 Å². The second kappa shape index (κ2) is 15.3. The average Bonchev–Trinajstić information content (AvgIpc) is 3.28. The van der Waals surface area contributed by atoms with E-state index in [2.05, 4.69) is 167 Å². The van der Waals surface area contributed by atoms with E-state index in [9.17, 15) is 0 Å². The van der Waals surface area contributed by atoms with Crippen LogP contribution in [0.2, 0.25) is 19.6 Å². The van der Waals surface area contributed by atoms with Gasteiger partial charge in [0.25, 0.3) is 0 Å². The van der Waals surface area contributed by atoms with E-state index in [1.807, 2.05) is 0 Å². The van der Waals surface area contributed by atoms with Crippen molar-refractivity contribution in [3.05, 3.63) is 150 Å². The Bertz CT molecular complexity index is 2130. The van der Waals surface area contributed by atoms with Crippen molar-refractivity contribution in [3.8, 4) is 11.3 Å². The van der Waals surface area contributed by atoms with Gasteiger partial charge >= 0.3 is 0 Å². The van der Waals surface area contributed by atoms with Gasteiger partial charge in [-0.15, -0.1) is 0 Å². The summed E-state index contributed by atoms with van der Waals surface area (Å²) < 4.78 is 11.8. The van der Waals surface area contributed by atoms with Gasteiger partial charge in [0.15, 0.2) is 30.0 Å². The van der Waals surface area contributed by atoms with Gasteiger partial charge in [-0.3, -0.25) is 0 Å². The van der Waals surface area contributed by atoms with Crippen molar-refractivity contribution in [1.82, 2.24) is 5.32 Å². The Morgan fingerprint density at radius 3 is 2.37 bits per heavy atom. The highest BCUT2D eigenvalue weighted by atomic mass is 28.3. The van der Waals surface area contributed by atoms with Crippen LogP contribution in [0, 0.1) is 0 Å². The zero-order valence-electron chi connectivity index (χ0n) is 34.0. The number of fused-ring (bicyclic) bond motifs is 8. The first-order valence-corrected chi connectivity index (χ1v) is 23.9. The summed E-state index contributed by atoms with van der Waals surface area (Å²) in [5, 5.41) is 5.45. The fourth-order valence-electron chi connectivity index (χ4n) is 9.11. The number of benzene rings is 2. The molecule has 5 heteroatoms. The molecule has 3 aliphatic heterocycles. The maximum absolute atomic E-state index is 6.75. The first-order valence-electron chi connectivity index (χ1n) is 20.4. The number of aromatic nitrogens is 2. The molecule has 54 heavy (non-hydrogen) atoms. The van der Waals surface area contributed by atoms with Crippen LogP contribution in [0.4, 0.5) is 0 Å². The molecule has 2 aromatic heterocycles. The number of hydrogen-bond donors (Lipinski definition) is 1. The molecule has 0 amide bonds. The first kappa shape index (κ1) is 37.8. The van der Waals surface area contributed by atoms with Gasteiger partial charge in [-0.2, -0.15) is 9.13 Å². The van der Waals surface area contributed by atoms with Crippen LogP contribution in [-0.4, -0.2) is 14.1 Å². The Hall–Kier alpha value is -4.48. The number of nitrogens with zero attached hydrogens (tertiary/aromatic N) is 2. The Kier molecular flexibility index (Phi) is 10.7. The van der Waals surface area contributed by atoms with Crippen molar-refractivity contribution < 1.29 is 13.9 Å². The van der Waals surface area contributed by atoms with Crippen molar-refractivity contribution in [1.29, 1.82) is 0 Å². The molecule has 0 radical (unpaired) electrons. The van der Waals surface area contributed by atoms with Crippen molar-refractivity contribution >= 4 is 24.5 Å². The maximum Gasteiger partial charge on any atom is 0.222 e. The van der Waals surface area contributed by atoms with Gasteiger partial charge in [0.05, 0.1) is 26.1 Å². The minimum Gasteiger partial charge on any atom is -0.441 e. The third-order valence-electron chi connectivity index (χ3n) is 12.0. The van der Waals surface area contributed by atoms with Gasteiger partial charge in [-0.25, -0.2) is 0 Å².